The number of hydrogen-bond acceptors (Lipinski definition) is 8. The number of carbonyl (C=O) groups is 4. The van der Waals surface area contributed by atoms with Crippen LogP contribution in [0.3, 0.4) is 0 Å². The number of carboxylic acids is 1. The number of phenolic OH excluding ortho intramolecular Hbond substituents is 1. The molecule has 14 heteroatoms. The van der Waals surface area contributed by atoms with Gasteiger partial charge >= 0.3 is 5.97 Å². The lowest BCUT2D eigenvalue weighted by Gasteiger charge is -2.47. The normalized spacial score (nSPS) is 16.5. The van der Waals surface area contributed by atoms with E-state index in [4.69, 9.17) is 4.74 Å². The molecule has 0 bridgehead atoms. The van der Waals surface area contributed by atoms with E-state index in [0.717, 1.165) is 11.1 Å². The van der Waals surface area contributed by atoms with E-state index < -0.39 is 66.0 Å². The summed E-state index contributed by atoms with van der Waals surface area (Å²) in [6.07, 6.45) is -0.489. The van der Waals surface area contributed by atoms with E-state index in [0.29, 0.717) is 23.4 Å². The van der Waals surface area contributed by atoms with Gasteiger partial charge in [-0.15, -0.1) is 11.8 Å². The Morgan fingerprint density at radius 1 is 0.863 bits per heavy atom. The molecule has 4 atom stereocenters. The van der Waals surface area contributed by atoms with Gasteiger partial charge in [0.1, 0.15) is 34.4 Å². The Morgan fingerprint density at radius 3 is 2.12 bits per heavy atom. The van der Waals surface area contributed by atoms with Gasteiger partial charge in [0.25, 0.3) is 5.91 Å². The first-order chi connectivity index (χ1) is 24.5. The van der Waals surface area contributed by atoms with Crippen molar-refractivity contribution in [1.82, 2.24) is 10.6 Å². The van der Waals surface area contributed by atoms with Gasteiger partial charge in [0.15, 0.2) is 6.61 Å². The highest BCUT2D eigenvalue weighted by Gasteiger charge is 2.49. The molecular weight excluding hydrogens is 684 g/mol. The average molecular weight is 720 g/mol. The number of hydrogen-bond donors (Lipinski definition) is 5. The van der Waals surface area contributed by atoms with Crippen LogP contribution in [0.1, 0.15) is 35.3 Å². The van der Waals surface area contributed by atoms with Crippen LogP contribution in [-0.2, 0) is 25.6 Å². The fourth-order valence-corrected chi connectivity index (χ4v) is 6.73. The zero-order valence-electron chi connectivity index (χ0n) is 27.1. The van der Waals surface area contributed by atoms with Crippen molar-refractivity contribution in [3.05, 3.63) is 125 Å². The molecular formula is C37H35F2N3O8S. The maximum absolute atomic E-state index is 13.6. The van der Waals surface area contributed by atoms with Gasteiger partial charge in [-0.2, -0.15) is 0 Å². The van der Waals surface area contributed by atoms with E-state index in [9.17, 15) is 43.3 Å². The number of rotatable bonds is 16. The molecule has 5 rings (SSSR count). The third-order valence-electron chi connectivity index (χ3n) is 8.17. The smallest absolute Gasteiger partial charge is 0.326 e. The molecule has 4 aromatic carbocycles. The third kappa shape index (κ3) is 9.83. The summed E-state index contributed by atoms with van der Waals surface area (Å²) >= 11 is 1.25. The zero-order valence-corrected chi connectivity index (χ0v) is 27.9. The van der Waals surface area contributed by atoms with Gasteiger partial charge < -0.3 is 35.6 Å². The predicted octanol–water partition coefficient (Wildman–Crippen LogP) is 4.29. The minimum Gasteiger partial charge on any atom is -0.508 e. The number of β-lactam (4-membered cyclic amide) rings is 1. The Kier molecular flexibility index (Phi) is 12.2. The van der Waals surface area contributed by atoms with Crippen LogP contribution in [0.5, 0.6) is 11.5 Å². The summed E-state index contributed by atoms with van der Waals surface area (Å²) in [5.74, 6) is -3.05. The molecule has 5 N–H and O–H groups in total. The number of halogens is 2. The Morgan fingerprint density at radius 2 is 1.49 bits per heavy atom. The molecule has 4 aromatic rings. The van der Waals surface area contributed by atoms with Crippen molar-refractivity contribution in [2.75, 3.05) is 23.8 Å². The van der Waals surface area contributed by atoms with Crippen LogP contribution in [0.25, 0.3) is 0 Å². The van der Waals surface area contributed by atoms with Gasteiger partial charge in [-0.25, -0.2) is 13.6 Å². The molecule has 1 aliphatic rings. The van der Waals surface area contributed by atoms with E-state index >= 15 is 0 Å². The van der Waals surface area contributed by atoms with E-state index in [1.807, 2.05) is 0 Å². The molecule has 11 nitrogen and oxygen atoms in total. The van der Waals surface area contributed by atoms with Crippen molar-refractivity contribution < 1.29 is 48.0 Å². The zero-order chi connectivity index (χ0) is 36.5. The van der Waals surface area contributed by atoms with Gasteiger partial charge in [-0.05, 0) is 90.2 Å². The number of phenols is 1. The van der Waals surface area contributed by atoms with Gasteiger partial charge in [0.2, 0.25) is 11.8 Å². The van der Waals surface area contributed by atoms with Crippen LogP contribution < -0.4 is 20.3 Å². The molecule has 1 saturated heterocycles. The number of nitrogens with zero attached hydrogens (tertiary/aromatic N) is 1. The summed E-state index contributed by atoms with van der Waals surface area (Å²) in [4.78, 5) is 51.2. The molecule has 0 aromatic heterocycles. The van der Waals surface area contributed by atoms with Crippen LogP contribution in [0, 0.1) is 11.6 Å². The number of aliphatic hydroxyl groups is 1. The number of carboxylic acid groups (broad SMARTS) is 1. The predicted molar refractivity (Wildman–Crippen MR) is 185 cm³/mol. The van der Waals surface area contributed by atoms with Crippen LogP contribution in [0.4, 0.5) is 14.5 Å². The summed E-state index contributed by atoms with van der Waals surface area (Å²) in [7, 11) is 0. The Balaban J connectivity index is 1.14. The van der Waals surface area contributed by atoms with E-state index in [1.165, 1.54) is 77.3 Å². The first-order valence-corrected chi connectivity index (χ1v) is 17.0. The number of thioether (sulfide) groups is 1. The molecule has 0 aliphatic carbocycles. The molecule has 3 amide bonds. The molecule has 0 saturated carbocycles. The second-order valence-electron chi connectivity index (χ2n) is 11.7. The highest BCUT2D eigenvalue weighted by Crippen LogP contribution is 2.46. The molecule has 1 heterocycles. The fraction of sp³-hybridized carbons (Fsp3) is 0.243. The monoisotopic (exact) mass is 719 g/mol. The molecule has 1 aliphatic heterocycles. The average Bonchev–Trinajstić information content (AvgIpc) is 3.12. The number of anilines is 1. The number of aryl methyl sites for hydroxylation is 1. The molecule has 1 fully saturated rings. The summed E-state index contributed by atoms with van der Waals surface area (Å²) in [5, 5.41) is 33.7. The molecule has 51 heavy (non-hydrogen) atoms. The number of carbonyl (C=O) groups excluding carboxylic acids is 3. The quantitative estimate of drug-likeness (QED) is 0.106. The minimum atomic E-state index is -1.22. The number of amides is 3. The summed E-state index contributed by atoms with van der Waals surface area (Å²) in [5.41, 5.74) is 2.52. The maximum atomic E-state index is 13.6. The number of aromatic hydroxyl groups is 1. The van der Waals surface area contributed by atoms with Gasteiger partial charge in [-0.3, -0.25) is 14.4 Å². The highest BCUT2D eigenvalue weighted by molar-refractivity contribution is 8.00. The second-order valence-corrected chi connectivity index (χ2v) is 12.9. The van der Waals surface area contributed by atoms with E-state index in [-0.39, 0.29) is 23.8 Å². The summed E-state index contributed by atoms with van der Waals surface area (Å²) < 4.78 is 32.5. The van der Waals surface area contributed by atoms with Crippen LogP contribution >= 0.6 is 11.8 Å². The molecule has 0 radical (unpaired) electrons. The summed E-state index contributed by atoms with van der Waals surface area (Å²) in [6.45, 7) is -0.896. The Bertz CT molecular complexity index is 1830. The maximum Gasteiger partial charge on any atom is 0.326 e. The first-order valence-electron chi connectivity index (χ1n) is 15.9. The number of aliphatic carboxylic acids is 1. The van der Waals surface area contributed by atoms with Crippen molar-refractivity contribution in [2.45, 2.75) is 36.3 Å². The van der Waals surface area contributed by atoms with Crippen molar-refractivity contribution in [3.63, 3.8) is 0 Å². The van der Waals surface area contributed by atoms with Gasteiger partial charge in [0.05, 0.1) is 18.7 Å². The Hall–Kier alpha value is -5.47. The largest absolute Gasteiger partial charge is 0.508 e. The fourth-order valence-electron chi connectivity index (χ4n) is 5.43. The van der Waals surface area contributed by atoms with Crippen molar-refractivity contribution >= 4 is 41.1 Å². The van der Waals surface area contributed by atoms with Gasteiger partial charge in [0, 0.05) is 11.4 Å². The molecule has 0 spiro atoms. The lowest BCUT2D eigenvalue weighted by Crippen LogP contribution is -2.57. The van der Waals surface area contributed by atoms with E-state index in [1.54, 1.807) is 36.4 Å². The topological polar surface area (TPSA) is 165 Å². The number of ether oxygens (including phenoxy) is 1. The van der Waals surface area contributed by atoms with Crippen molar-refractivity contribution in [1.29, 1.82) is 0 Å². The standard InChI is InChI=1S/C37H35F2N3O8S/c38-25-8-4-23(5-9-25)31(44)21-51-35-34(42(36(35)47)27-12-10-26(39)11-13-27)24-6-16-29(17-7-24)50-20-33(46)40-19-32(45)41-30(37(48)49)18-3-22-1-14-28(43)15-2-22/h1-2,4-17,30-31,34-35,43-44H,3,18-21H2,(H,40,46)(H,41,45)(H,48,49)/t30-,31?,34-,35-/m1/s1. The number of nitrogens with one attached hydrogen (secondary N) is 2. The Labute approximate surface area is 296 Å². The molecule has 1 unspecified atom stereocenters. The van der Waals surface area contributed by atoms with E-state index in [2.05, 4.69) is 10.6 Å². The van der Waals surface area contributed by atoms with Crippen LogP contribution in [0.15, 0.2) is 97.1 Å². The third-order valence-corrected chi connectivity index (χ3v) is 9.49. The van der Waals surface area contributed by atoms with Crippen LogP contribution in [-0.4, -0.2) is 69.2 Å². The SMILES string of the molecule is O=C(COc1ccc([C@@H]2[C@@H](SCC(O)c3ccc(F)cc3)C(=O)N2c2ccc(F)cc2)cc1)NCC(=O)N[C@H](CCc1ccc(O)cc1)C(=O)O. The van der Waals surface area contributed by atoms with Crippen molar-refractivity contribution in [2.24, 2.45) is 0 Å². The molecule has 266 valence electrons. The van der Waals surface area contributed by atoms with Gasteiger partial charge in [-0.1, -0.05) is 36.4 Å². The van der Waals surface area contributed by atoms with Crippen molar-refractivity contribution in [3.8, 4) is 11.5 Å². The lowest BCUT2D eigenvalue weighted by atomic mass is 9.92. The summed E-state index contributed by atoms with van der Waals surface area (Å²) in [6, 6.07) is 22.3. The number of aliphatic hydroxyl groups excluding tert-OH is 1. The first kappa shape index (κ1) is 36.8. The number of benzene rings is 4. The lowest BCUT2D eigenvalue weighted by molar-refractivity contribution is -0.141. The van der Waals surface area contributed by atoms with Crippen LogP contribution in [0.2, 0.25) is 0 Å². The minimum absolute atomic E-state index is 0.0850. The highest BCUT2D eigenvalue weighted by atomic mass is 32.2. The second kappa shape index (κ2) is 17.0.